The van der Waals surface area contributed by atoms with Gasteiger partial charge in [0.15, 0.2) is 5.69 Å². The van der Waals surface area contributed by atoms with Crippen molar-refractivity contribution < 1.29 is 18.0 Å². The molecule has 0 aliphatic heterocycles. The minimum atomic E-state index is -4.59. The number of halogens is 3. The van der Waals surface area contributed by atoms with Crippen LogP contribution in [0.2, 0.25) is 0 Å². The van der Waals surface area contributed by atoms with E-state index >= 15 is 0 Å². The Bertz CT molecular complexity index is 1500. The zero-order chi connectivity index (χ0) is 25.1. The number of imidazole rings is 1. The topological polar surface area (TPSA) is 59.0 Å². The molecule has 8 heteroatoms. The van der Waals surface area contributed by atoms with Crippen LogP contribution in [0.25, 0.3) is 27.8 Å². The number of alkyl halides is 3. The monoisotopic (exact) mass is 486 g/mol. The fourth-order valence-corrected chi connectivity index (χ4v) is 3.97. The SMILES string of the molecule is O=C(CNc1ccccc1)Nc1ccc(-n2cc(C(F)(F)F)nc2-c2cccc3ccccc23)cc1. The molecule has 0 spiro atoms. The van der Waals surface area contributed by atoms with Gasteiger partial charge in [0.05, 0.1) is 6.54 Å². The first-order chi connectivity index (χ1) is 17.4. The van der Waals surface area contributed by atoms with Gasteiger partial charge >= 0.3 is 6.18 Å². The van der Waals surface area contributed by atoms with E-state index in [1.807, 2.05) is 60.7 Å². The predicted octanol–water partition coefficient (Wildman–Crippen LogP) is 6.76. The number of aromatic nitrogens is 2. The van der Waals surface area contributed by atoms with Gasteiger partial charge < -0.3 is 10.6 Å². The van der Waals surface area contributed by atoms with Crippen LogP contribution in [-0.2, 0) is 11.0 Å². The molecule has 0 saturated carbocycles. The number of amides is 1. The molecule has 4 aromatic carbocycles. The Hall–Kier alpha value is -4.59. The van der Waals surface area contributed by atoms with Crippen molar-refractivity contribution in [2.24, 2.45) is 0 Å². The van der Waals surface area contributed by atoms with E-state index in [9.17, 15) is 18.0 Å². The highest BCUT2D eigenvalue weighted by Crippen LogP contribution is 2.35. The van der Waals surface area contributed by atoms with Crippen molar-refractivity contribution in [3.05, 3.63) is 109 Å². The van der Waals surface area contributed by atoms with E-state index in [-0.39, 0.29) is 18.3 Å². The Morgan fingerprint density at radius 3 is 2.25 bits per heavy atom. The number of rotatable bonds is 6. The van der Waals surface area contributed by atoms with E-state index in [1.54, 1.807) is 36.4 Å². The van der Waals surface area contributed by atoms with Gasteiger partial charge in [-0.2, -0.15) is 13.2 Å². The Balaban J connectivity index is 1.43. The average Bonchev–Trinajstić information content (AvgIpc) is 3.34. The summed E-state index contributed by atoms with van der Waals surface area (Å²) in [5.74, 6) is -0.0620. The molecule has 0 unspecified atom stereocenters. The lowest BCUT2D eigenvalue weighted by molar-refractivity contribution is -0.140. The molecule has 0 radical (unpaired) electrons. The molecule has 1 heterocycles. The lowest BCUT2D eigenvalue weighted by Crippen LogP contribution is -2.21. The summed E-state index contributed by atoms with van der Waals surface area (Å²) >= 11 is 0. The zero-order valence-electron chi connectivity index (χ0n) is 19.0. The standard InChI is InChI=1S/C28H21F3N4O/c29-28(30,31)25-18-35(27(34-25)24-12-6-8-19-7-4-5-11-23(19)24)22-15-13-21(14-16-22)33-26(36)17-32-20-9-2-1-3-10-20/h1-16,18,32H,17H2,(H,33,36). The maximum absolute atomic E-state index is 13.6. The van der Waals surface area contributed by atoms with Crippen LogP contribution in [-0.4, -0.2) is 22.0 Å². The first-order valence-electron chi connectivity index (χ1n) is 11.2. The predicted molar refractivity (Wildman–Crippen MR) is 135 cm³/mol. The van der Waals surface area contributed by atoms with E-state index < -0.39 is 11.9 Å². The van der Waals surface area contributed by atoms with Gasteiger partial charge in [-0.1, -0.05) is 60.7 Å². The molecule has 2 N–H and O–H groups in total. The molecule has 180 valence electrons. The van der Waals surface area contributed by atoms with Gasteiger partial charge in [0.2, 0.25) is 5.91 Å². The van der Waals surface area contributed by atoms with Crippen molar-refractivity contribution >= 4 is 28.1 Å². The van der Waals surface area contributed by atoms with Crippen LogP contribution in [0.3, 0.4) is 0 Å². The highest BCUT2D eigenvalue weighted by molar-refractivity contribution is 5.96. The minimum absolute atomic E-state index is 0.0768. The van der Waals surface area contributed by atoms with Gasteiger partial charge in [0.25, 0.3) is 0 Å². The van der Waals surface area contributed by atoms with Crippen molar-refractivity contribution in [3.63, 3.8) is 0 Å². The van der Waals surface area contributed by atoms with Crippen LogP contribution < -0.4 is 10.6 Å². The summed E-state index contributed by atoms with van der Waals surface area (Å²) in [5.41, 5.74) is 1.45. The third-order valence-electron chi connectivity index (χ3n) is 5.68. The van der Waals surface area contributed by atoms with Crippen LogP contribution in [0, 0.1) is 0 Å². The molecule has 5 nitrogen and oxygen atoms in total. The molecule has 36 heavy (non-hydrogen) atoms. The lowest BCUT2D eigenvalue weighted by atomic mass is 10.0. The second-order valence-corrected chi connectivity index (χ2v) is 8.16. The quantitative estimate of drug-likeness (QED) is 0.279. The molecule has 0 aliphatic rings. The van der Waals surface area contributed by atoms with Crippen LogP contribution in [0.4, 0.5) is 24.5 Å². The summed E-state index contributed by atoms with van der Waals surface area (Å²) < 4.78 is 42.2. The Morgan fingerprint density at radius 2 is 1.50 bits per heavy atom. The highest BCUT2D eigenvalue weighted by atomic mass is 19.4. The number of hydrogen-bond acceptors (Lipinski definition) is 3. The molecule has 1 aromatic heterocycles. The Labute approximate surface area is 205 Å². The maximum atomic E-state index is 13.6. The number of para-hydroxylation sites is 1. The second kappa shape index (κ2) is 9.58. The van der Waals surface area contributed by atoms with Gasteiger partial charge in [0.1, 0.15) is 5.82 Å². The zero-order valence-corrected chi connectivity index (χ0v) is 19.0. The van der Waals surface area contributed by atoms with Crippen LogP contribution in [0.1, 0.15) is 5.69 Å². The smallest absolute Gasteiger partial charge is 0.376 e. The number of carbonyl (C=O) groups excluding carboxylic acids is 1. The van der Waals surface area contributed by atoms with Gasteiger partial charge in [-0.15, -0.1) is 0 Å². The lowest BCUT2D eigenvalue weighted by Gasteiger charge is -2.12. The van der Waals surface area contributed by atoms with E-state index in [4.69, 9.17) is 0 Å². The number of anilines is 2. The summed E-state index contributed by atoms with van der Waals surface area (Å²) in [7, 11) is 0. The fraction of sp³-hybridized carbons (Fsp3) is 0.0714. The molecule has 0 bridgehead atoms. The average molecular weight is 486 g/mol. The van der Waals surface area contributed by atoms with Gasteiger partial charge in [-0.25, -0.2) is 4.98 Å². The molecular weight excluding hydrogens is 465 g/mol. The number of hydrogen-bond donors (Lipinski definition) is 2. The first kappa shape index (κ1) is 23.2. The molecule has 5 aromatic rings. The van der Waals surface area contributed by atoms with E-state index in [2.05, 4.69) is 15.6 Å². The van der Waals surface area contributed by atoms with Gasteiger partial charge in [-0.05, 0) is 47.2 Å². The van der Waals surface area contributed by atoms with Gasteiger partial charge in [0, 0.05) is 28.8 Å². The molecule has 5 rings (SSSR count). The number of nitrogens with one attached hydrogen (secondary N) is 2. The minimum Gasteiger partial charge on any atom is -0.376 e. The largest absolute Gasteiger partial charge is 0.434 e. The summed E-state index contributed by atoms with van der Waals surface area (Å²) in [6.07, 6.45) is -3.60. The van der Waals surface area contributed by atoms with Crippen molar-refractivity contribution in [1.29, 1.82) is 0 Å². The third kappa shape index (κ3) is 4.93. The molecule has 0 fully saturated rings. The Morgan fingerprint density at radius 1 is 0.806 bits per heavy atom. The number of carbonyl (C=O) groups is 1. The summed E-state index contributed by atoms with van der Waals surface area (Å²) in [6, 6.07) is 28.9. The van der Waals surface area contributed by atoms with Crippen molar-refractivity contribution in [1.82, 2.24) is 9.55 Å². The second-order valence-electron chi connectivity index (χ2n) is 8.16. The number of nitrogens with zero attached hydrogens (tertiary/aromatic N) is 2. The van der Waals surface area contributed by atoms with E-state index in [0.29, 0.717) is 16.9 Å². The maximum Gasteiger partial charge on any atom is 0.434 e. The third-order valence-corrected chi connectivity index (χ3v) is 5.68. The molecule has 0 aliphatic carbocycles. The Kier molecular flexibility index (Phi) is 6.16. The number of benzene rings is 4. The van der Waals surface area contributed by atoms with Crippen molar-refractivity contribution in [2.75, 3.05) is 17.2 Å². The summed E-state index contributed by atoms with van der Waals surface area (Å²) in [4.78, 5) is 16.3. The van der Waals surface area contributed by atoms with Gasteiger partial charge in [-0.3, -0.25) is 9.36 Å². The normalized spacial score (nSPS) is 11.4. The number of fused-ring (bicyclic) bond motifs is 1. The first-order valence-corrected chi connectivity index (χ1v) is 11.2. The van der Waals surface area contributed by atoms with Crippen LogP contribution in [0.15, 0.2) is 103 Å². The summed E-state index contributed by atoms with van der Waals surface area (Å²) in [5, 5.41) is 7.52. The van der Waals surface area contributed by atoms with Crippen LogP contribution in [0.5, 0.6) is 0 Å². The molecule has 0 saturated heterocycles. The summed E-state index contributed by atoms with van der Waals surface area (Å²) in [6.45, 7) is 0.0768. The fourth-order valence-electron chi connectivity index (χ4n) is 3.97. The highest BCUT2D eigenvalue weighted by Gasteiger charge is 2.35. The van der Waals surface area contributed by atoms with Crippen molar-refractivity contribution in [2.45, 2.75) is 6.18 Å². The van der Waals surface area contributed by atoms with Crippen molar-refractivity contribution in [3.8, 4) is 17.1 Å². The molecule has 1 amide bonds. The molecular formula is C28H21F3N4O. The van der Waals surface area contributed by atoms with E-state index in [0.717, 1.165) is 22.7 Å². The molecule has 0 atom stereocenters. The van der Waals surface area contributed by atoms with Crippen LogP contribution >= 0.6 is 0 Å². The van der Waals surface area contributed by atoms with E-state index in [1.165, 1.54) is 4.57 Å².